The van der Waals surface area contributed by atoms with Crippen molar-refractivity contribution in [2.45, 2.75) is 108 Å². The average Bonchev–Trinajstić information content (AvgIpc) is 2.77. The predicted molar refractivity (Wildman–Crippen MR) is 101 cm³/mol. The fourth-order valence-corrected chi connectivity index (χ4v) is 6.03. The summed E-state index contributed by atoms with van der Waals surface area (Å²) in [5, 5.41) is 0. The monoisotopic (exact) mass is 319 g/mol. The molecule has 0 amide bonds. The summed E-state index contributed by atoms with van der Waals surface area (Å²) in [4.78, 5) is 2.90. The Labute approximate surface area is 145 Å². The van der Waals surface area contributed by atoms with Crippen molar-refractivity contribution in [3.05, 3.63) is 0 Å². The smallest absolute Gasteiger partial charge is 0.126 e. The second kappa shape index (κ2) is 7.48. The molecule has 1 aliphatic carbocycles. The van der Waals surface area contributed by atoms with Crippen LogP contribution in [-0.4, -0.2) is 43.0 Å². The molecule has 3 aliphatic rings. The first-order chi connectivity index (χ1) is 11.0. The van der Waals surface area contributed by atoms with E-state index < -0.39 is 0 Å². The molecule has 2 nitrogen and oxygen atoms in total. The van der Waals surface area contributed by atoms with Gasteiger partial charge in [0.05, 0.1) is 18.8 Å². The van der Waals surface area contributed by atoms with Crippen molar-refractivity contribution in [1.29, 1.82) is 0 Å². The topological polar surface area (TPSA) is 12.5 Å². The van der Waals surface area contributed by atoms with E-state index >= 15 is 0 Å². The van der Waals surface area contributed by atoms with Gasteiger partial charge in [-0.15, -0.1) is 0 Å². The maximum Gasteiger partial charge on any atom is 0.126 e. The highest BCUT2D eigenvalue weighted by Gasteiger charge is 2.56. The van der Waals surface area contributed by atoms with E-state index in [4.69, 9.17) is 4.74 Å². The van der Waals surface area contributed by atoms with Crippen LogP contribution in [0.3, 0.4) is 0 Å². The van der Waals surface area contributed by atoms with Crippen molar-refractivity contribution in [3.8, 4) is 0 Å². The lowest BCUT2D eigenvalue weighted by atomic mass is 9.52. The molecule has 2 heterocycles. The second-order valence-corrected chi connectivity index (χ2v) is 9.47. The molecule has 0 N–H and O–H groups in total. The number of rotatable bonds is 3. The van der Waals surface area contributed by atoms with Crippen LogP contribution in [0.1, 0.15) is 79.1 Å². The van der Waals surface area contributed by atoms with Crippen LogP contribution in [-0.2, 0) is 4.74 Å². The highest BCUT2D eigenvalue weighted by Crippen LogP contribution is 2.49. The maximum absolute atomic E-state index is 5.71. The van der Waals surface area contributed by atoms with E-state index in [1.165, 1.54) is 58.6 Å². The summed E-state index contributed by atoms with van der Waals surface area (Å²) in [6.45, 7) is 11.6. The molecule has 0 aromatic carbocycles. The standard InChI is InChI=1S/C20H38BNO/c1-15(2)21-18-9-7-5-6-8-10-19-17(11-18)12-20(13-23-14-20)22(19)16(3)4/h15-19,21H,5-14H2,1-4H3. The van der Waals surface area contributed by atoms with Gasteiger partial charge in [-0.25, -0.2) is 0 Å². The quantitative estimate of drug-likeness (QED) is 0.702. The van der Waals surface area contributed by atoms with Crippen molar-refractivity contribution in [2.24, 2.45) is 5.92 Å². The van der Waals surface area contributed by atoms with Gasteiger partial charge in [-0.2, -0.15) is 0 Å². The number of fused-ring (bicyclic) bond motifs is 1. The molecule has 132 valence electrons. The molecular weight excluding hydrogens is 281 g/mol. The van der Waals surface area contributed by atoms with Crippen LogP contribution in [0, 0.1) is 5.92 Å². The van der Waals surface area contributed by atoms with Crippen LogP contribution in [0.5, 0.6) is 0 Å². The molecule has 3 fully saturated rings. The molecule has 0 aromatic rings. The van der Waals surface area contributed by atoms with E-state index in [-0.39, 0.29) is 0 Å². The molecule has 23 heavy (non-hydrogen) atoms. The first-order valence-electron chi connectivity index (χ1n) is 10.4. The van der Waals surface area contributed by atoms with Crippen LogP contribution in [0.4, 0.5) is 0 Å². The summed E-state index contributed by atoms with van der Waals surface area (Å²) < 4.78 is 5.71. The Morgan fingerprint density at radius 3 is 2.26 bits per heavy atom. The third kappa shape index (κ3) is 3.81. The Hall–Kier alpha value is -0.0151. The molecule has 2 saturated heterocycles. The molecular formula is C20H38BNO. The molecule has 2 aliphatic heterocycles. The summed E-state index contributed by atoms with van der Waals surface area (Å²) in [6.07, 6.45) is 11.6. The van der Waals surface area contributed by atoms with Crippen LogP contribution in [0.25, 0.3) is 0 Å². The van der Waals surface area contributed by atoms with Crippen molar-refractivity contribution in [2.75, 3.05) is 13.2 Å². The van der Waals surface area contributed by atoms with E-state index in [1.807, 2.05) is 0 Å². The molecule has 3 unspecified atom stereocenters. The van der Waals surface area contributed by atoms with E-state index in [9.17, 15) is 0 Å². The molecule has 0 aromatic heterocycles. The lowest BCUT2D eigenvalue weighted by Gasteiger charge is -2.49. The van der Waals surface area contributed by atoms with Gasteiger partial charge in [-0.1, -0.05) is 64.0 Å². The highest BCUT2D eigenvalue weighted by molar-refractivity contribution is 6.39. The third-order valence-electron chi connectivity index (χ3n) is 6.69. The third-order valence-corrected chi connectivity index (χ3v) is 6.69. The Morgan fingerprint density at radius 1 is 1.00 bits per heavy atom. The van der Waals surface area contributed by atoms with Gasteiger partial charge < -0.3 is 4.74 Å². The highest BCUT2D eigenvalue weighted by atomic mass is 16.5. The van der Waals surface area contributed by atoms with Crippen molar-refractivity contribution in [3.63, 3.8) is 0 Å². The van der Waals surface area contributed by atoms with Crippen molar-refractivity contribution in [1.82, 2.24) is 4.90 Å². The zero-order valence-corrected chi connectivity index (χ0v) is 16.0. The first-order valence-corrected chi connectivity index (χ1v) is 10.4. The number of hydrogen-bond acceptors (Lipinski definition) is 2. The van der Waals surface area contributed by atoms with Crippen LogP contribution in [0.2, 0.25) is 11.6 Å². The first kappa shape index (κ1) is 17.8. The Bertz CT molecular complexity index is 380. The maximum atomic E-state index is 5.71. The van der Waals surface area contributed by atoms with Gasteiger partial charge in [0.15, 0.2) is 0 Å². The zero-order valence-electron chi connectivity index (χ0n) is 16.0. The van der Waals surface area contributed by atoms with Crippen LogP contribution in [0.15, 0.2) is 0 Å². The Balaban J connectivity index is 1.77. The number of nitrogens with zero attached hydrogens (tertiary/aromatic N) is 1. The van der Waals surface area contributed by atoms with Crippen molar-refractivity contribution >= 4 is 7.28 Å². The van der Waals surface area contributed by atoms with Gasteiger partial charge in [-0.05, 0) is 32.6 Å². The normalized spacial score (nSPS) is 35.3. The molecule has 3 heteroatoms. The zero-order chi connectivity index (χ0) is 16.4. The Kier molecular flexibility index (Phi) is 5.79. The number of likely N-dealkylation sites (tertiary alicyclic amines) is 1. The molecule has 0 bridgehead atoms. The second-order valence-electron chi connectivity index (χ2n) is 9.47. The lowest BCUT2D eigenvalue weighted by Crippen LogP contribution is -2.62. The van der Waals surface area contributed by atoms with E-state index in [0.717, 1.165) is 36.8 Å². The largest absolute Gasteiger partial charge is 0.377 e. The summed E-state index contributed by atoms with van der Waals surface area (Å²) in [5.74, 6) is 2.74. The molecule has 1 saturated carbocycles. The molecule has 0 radical (unpaired) electrons. The summed E-state index contributed by atoms with van der Waals surface area (Å²) in [5.41, 5.74) is 0.403. The minimum Gasteiger partial charge on any atom is -0.377 e. The Morgan fingerprint density at radius 2 is 1.70 bits per heavy atom. The minimum atomic E-state index is 0.403. The van der Waals surface area contributed by atoms with Crippen molar-refractivity contribution < 1.29 is 4.74 Å². The summed E-state index contributed by atoms with van der Waals surface area (Å²) in [6, 6.07) is 1.49. The van der Waals surface area contributed by atoms with Crippen LogP contribution < -0.4 is 0 Å². The van der Waals surface area contributed by atoms with Gasteiger partial charge in [0.1, 0.15) is 7.28 Å². The average molecular weight is 319 g/mol. The van der Waals surface area contributed by atoms with Gasteiger partial charge in [0.2, 0.25) is 0 Å². The van der Waals surface area contributed by atoms with E-state index in [0.29, 0.717) is 11.6 Å². The predicted octanol–water partition coefficient (Wildman–Crippen LogP) is 4.65. The van der Waals surface area contributed by atoms with E-state index in [1.54, 1.807) is 0 Å². The van der Waals surface area contributed by atoms with Gasteiger partial charge in [0, 0.05) is 12.1 Å². The minimum absolute atomic E-state index is 0.403. The van der Waals surface area contributed by atoms with Gasteiger partial charge in [-0.3, -0.25) is 4.90 Å². The summed E-state index contributed by atoms with van der Waals surface area (Å²) >= 11 is 0. The fraction of sp³-hybridized carbons (Fsp3) is 1.00. The number of ether oxygens (including phenoxy) is 1. The fourth-order valence-electron chi connectivity index (χ4n) is 6.03. The van der Waals surface area contributed by atoms with E-state index in [2.05, 4.69) is 32.6 Å². The number of hydrogen-bond donors (Lipinski definition) is 0. The lowest BCUT2D eigenvalue weighted by molar-refractivity contribution is -0.141. The summed E-state index contributed by atoms with van der Waals surface area (Å²) in [7, 11) is 1.44. The van der Waals surface area contributed by atoms with Gasteiger partial charge in [0.25, 0.3) is 0 Å². The molecule has 3 atom stereocenters. The molecule has 3 rings (SSSR count). The van der Waals surface area contributed by atoms with Gasteiger partial charge >= 0.3 is 0 Å². The molecule has 1 spiro atoms. The SMILES string of the molecule is CC(C)BC1CCCCCCC2C(C1)CC1(COC1)N2C(C)C. The van der Waals surface area contributed by atoms with Crippen LogP contribution >= 0.6 is 0 Å².